The smallest absolute Gasteiger partial charge is 0.259 e. The normalized spacial score (nSPS) is 27.4. The van der Waals surface area contributed by atoms with Crippen molar-refractivity contribution in [2.24, 2.45) is 11.7 Å². The van der Waals surface area contributed by atoms with E-state index in [1.165, 1.54) is 4.90 Å². The van der Waals surface area contributed by atoms with Gasteiger partial charge in [-0.2, -0.15) is 0 Å². The fraction of sp³-hybridized carbons (Fsp3) is 0.444. The Morgan fingerprint density at radius 3 is 2.63 bits per heavy atom. The fourth-order valence-electron chi connectivity index (χ4n) is 6.90. The molecule has 3 heterocycles. The number of pyridine rings is 1. The summed E-state index contributed by atoms with van der Waals surface area (Å²) in [6.45, 7) is 0.101. The summed E-state index contributed by atoms with van der Waals surface area (Å²) >= 11 is 0. The summed E-state index contributed by atoms with van der Waals surface area (Å²) < 4.78 is 39.7. The Balaban J connectivity index is 1.19. The average Bonchev–Trinajstić information content (AvgIpc) is 4.02. The van der Waals surface area contributed by atoms with Gasteiger partial charge in [-0.3, -0.25) is 19.1 Å². The molecule has 258 valence electrons. The van der Waals surface area contributed by atoms with E-state index < -0.39 is 50.8 Å². The van der Waals surface area contributed by atoms with E-state index in [1.54, 1.807) is 7.11 Å². The van der Waals surface area contributed by atoms with Crippen molar-refractivity contribution in [2.45, 2.75) is 80.3 Å². The summed E-state index contributed by atoms with van der Waals surface area (Å²) in [6.07, 6.45) is 7.33. The Hall–Kier alpha value is -4.49. The molecule has 0 unspecified atom stereocenters. The van der Waals surface area contributed by atoms with Crippen LogP contribution in [0, 0.1) is 5.92 Å². The lowest BCUT2D eigenvalue weighted by atomic mass is 10.0. The molecule has 3 fully saturated rings. The Bertz CT molecular complexity index is 1920. The fourth-order valence-corrected chi connectivity index (χ4v) is 8.27. The van der Waals surface area contributed by atoms with Gasteiger partial charge >= 0.3 is 0 Å². The van der Waals surface area contributed by atoms with Gasteiger partial charge in [-0.05, 0) is 50.7 Å². The number of rotatable bonds is 7. The molecule has 12 nitrogen and oxygen atoms in total. The number of nitrogens with zero attached hydrogens (tertiary/aromatic N) is 2. The van der Waals surface area contributed by atoms with Crippen LogP contribution in [-0.2, 0) is 24.4 Å². The number of amides is 3. The standard InChI is InChI=1S/C36H41N5O7S/c1-47-24-13-16-27-30(17-24)38-29(22-9-5-4-6-10-22)19-32(27)48-25-18-31-33(42)39-36(35(44)40-49(45,46)26-14-15-26)20-23(36)11-7-2-3-8-12-28(37)34(43)41(31)21-25/h4-7,9-11,13,16-17,19,23,25-26,28,31H,2-3,8,12,14-15,18,20-21,37H2,1H3,(H,39,42)(H,40,44)/t23-,25-,28+,31+,36-/m1/s1. The van der Waals surface area contributed by atoms with Gasteiger partial charge in [0.25, 0.3) is 5.91 Å². The minimum Gasteiger partial charge on any atom is -0.497 e. The maximum atomic E-state index is 14.1. The van der Waals surface area contributed by atoms with Crippen molar-refractivity contribution < 1.29 is 32.3 Å². The summed E-state index contributed by atoms with van der Waals surface area (Å²) in [5, 5.41) is 3.03. The molecular formula is C36H41N5O7S. The van der Waals surface area contributed by atoms with Gasteiger partial charge < -0.3 is 25.4 Å². The molecule has 7 rings (SSSR count). The molecule has 49 heavy (non-hydrogen) atoms. The average molecular weight is 688 g/mol. The van der Waals surface area contributed by atoms with E-state index >= 15 is 0 Å². The lowest BCUT2D eigenvalue weighted by Crippen LogP contribution is -2.57. The second-order valence-electron chi connectivity index (χ2n) is 13.5. The van der Waals surface area contributed by atoms with Gasteiger partial charge in [0, 0.05) is 35.4 Å². The number of nitrogens with one attached hydrogen (secondary N) is 2. The van der Waals surface area contributed by atoms with Gasteiger partial charge in [0.15, 0.2) is 0 Å². The molecule has 13 heteroatoms. The molecule has 3 amide bonds. The Labute approximate surface area is 285 Å². The highest BCUT2D eigenvalue weighted by Gasteiger charge is 2.62. The van der Waals surface area contributed by atoms with Gasteiger partial charge in [0.05, 0.1) is 36.2 Å². The minimum absolute atomic E-state index is 0.101. The lowest BCUT2D eigenvalue weighted by molar-refractivity contribution is -0.140. The molecule has 0 spiro atoms. The number of carbonyl (C=O) groups excluding carboxylic acids is 3. The van der Waals surface area contributed by atoms with Gasteiger partial charge in [-0.25, -0.2) is 13.4 Å². The monoisotopic (exact) mass is 687 g/mol. The van der Waals surface area contributed by atoms with Crippen molar-refractivity contribution in [3.63, 3.8) is 0 Å². The zero-order valence-electron chi connectivity index (χ0n) is 27.3. The maximum Gasteiger partial charge on any atom is 0.259 e. The van der Waals surface area contributed by atoms with Crippen molar-refractivity contribution in [1.29, 1.82) is 0 Å². The predicted molar refractivity (Wildman–Crippen MR) is 183 cm³/mol. The third-order valence-electron chi connectivity index (χ3n) is 9.98. The maximum absolute atomic E-state index is 14.1. The van der Waals surface area contributed by atoms with Crippen LogP contribution in [0.3, 0.4) is 0 Å². The molecule has 2 aliphatic carbocycles. The Morgan fingerprint density at radius 1 is 1.08 bits per heavy atom. The molecule has 1 aromatic heterocycles. The number of benzene rings is 2. The van der Waals surface area contributed by atoms with Crippen molar-refractivity contribution in [1.82, 2.24) is 19.9 Å². The zero-order valence-corrected chi connectivity index (χ0v) is 28.2. The number of hydrogen-bond donors (Lipinski definition) is 3. The Morgan fingerprint density at radius 2 is 1.88 bits per heavy atom. The number of ether oxygens (including phenoxy) is 2. The van der Waals surface area contributed by atoms with E-state index in [1.807, 2.05) is 66.7 Å². The highest BCUT2D eigenvalue weighted by atomic mass is 32.2. The molecular weight excluding hydrogens is 646 g/mol. The molecule has 2 saturated carbocycles. The van der Waals surface area contributed by atoms with E-state index in [0.29, 0.717) is 54.8 Å². The van der Waals surface area contributed by atoms with Gasteiger partial charge in [0.2, 0.25) is 21.8 Å². The zero-order chi connectivity index (χ0) is 34.3. The number of nitrogens with two attached hydrogens (primary N) is 1. The highest BCUT2D eigenvalue weighted by Crippen LogP contribution is 2.46. The van der Waals surface area contributed by atoms with E-state index in [0.717, 1.165) is 17.4 Å². The number of sulfonamides is 1. The molecule has 2 aromatic carbocycles. The summed E-state index contributed by atoms with van der Waals surface area (Å²) in [5.41, 5.74) is 7.20. The van der Waals surface area contributed by atoms with Gasteiger partial charge in [-0.1, -0.05) is 48.9 Å². The molecule has 0 bridgehead atoms. The SMILES string of the molecule is COc1ccc2c(O[C@@H]3C[C@H]4C(=O)N[C@]5(C(=O)NS(=O)(=O)C6CC6)C[C@H]5C=CCCCC[C@H](N)C(=O)N4C3)cc(-c3ccccc3)nc2c1. The first-order valence-corrected chi connectivity index (χ1v) is 18.4. The quantitative estimate of drug-likeness (QED) is 0.316. The van der Waals surface area contributed by atoms with Crippen LogP contribution in [0.25, 0.3) is 22.2 Å². The number of hydrogen-bond acceptors (Lipinski definition) is 9. The highest BCUT2D eigenvalue weighted by molar-refractivity contribution is 7.91. The number of carbonyl (C=O) groups is 3. The number of methoxy groups -OCH3 is 1. The lowest BCUT2D eigenvalue weighted by Gasteiger charge is -2.28. The molecule has 5 atom stereocenters. The van der Waals surface area contributed by atoms with E-state index in [-0.39, 0.29) is 31.2 Å². The van der Waals surface area contributed by atoms with Crippen molar-refractivity contribution in [2.75, 3.05) is 13.7 Å². The van der Waals surface area contributed by atoms with Crippen molar-refractivity contribution in [3.8, 4) is 22.8 Å². The summed E-state index contributed by atoms with van der Waals surface area (Å²) in [7, 11) is -2.25. The van der Waals surface area contributed by atoms with Gasteiger partial charge in [-0.15, -0.1) is 0 Å². The second kappa shape index (κ2) is 13.1. The molecule has 0 radical (unpaired) electrons. The second-order valence-corrected chi connectivity index (χ2v) is 15.5. The largest absolute Gasteiger partial charge is 0.497 e. The summed E-state index contributed by atoms with van der Waals surface area (Å²) in [4.78, 5) is 47.8. The van der Waals surface area contributed by atoms with Crippen LogP contribution in [-0.4, -0.2) is 78.7 Å². The third-order valence-corrected chi connectivity index (χ3v) is 11.8. The first-order valence-electron chi connectivity index (χ1n) is 16.9. The van der Waals surface area contributed by atoms with Crippen molar-refractivity contribution >= 4 is 38.6 Å². The van der Waals surface area contributed by atoms with Crippen molar-refractivity contribution in [3.05, 3.63) is 66.7 Å². The van der Waals surface area contributed by atoms with Crippen LogP contribution in [0.4, 0.5) is 0 Å². The van der Waals surface area contributed by atoms with Crippen LogP contribution in [0.1, 0.15) is 51.4 Å². The summed E-state index contributed by atoms with van der Waals surface area (Å²) in [6, 6.07) is 15.3. The van der Waals surface area contributed by atoms with Crippen LogP contribution >= 0.6 is 0 Å². The van der Waals surface area contributed by atoms with Gasteiger partial charge in [0.1, 0.15) is 29.2 Å². The van der Waals surface area contributed by atoms with Crippen LogP contribution < -0.4 is 25.2 Å². The third kappa shape index (κ3) is 6.73. The minimum atomic E-state index is -3.84. The molecule has 1 saturated heterocycles. The molecule has 3 aromatic rings. The molecule has 4 aliphatic rings. The first kappa shape index (κ1) is 33.0. The van der Waals surface area contributed by atoms with E-state index in [2.05, 4.69) is 10.0 Å². The molecule has 4 N–H and O–H groups in total. The van der Waals surface area contributed by atoms with Crippen LogP contribution in [0.2, 0.25) is 0 Å². The number of aromatic nitrogens is 1. The summed E-state index contributed by atoms with van der Waals surface area (Å²) in [5.74, 6) is -0.858. The number of fused-ring (bicyclic) bond motifs is 3. The van der Waals surface area contributed by atoms with Crippen LogP contribution in [0.15, 0.2) is 66.7 Å². The predicted octanol–water partition coefficient (Wildman–Crippen LogP) is 3.20. The van der Waals surface area contributed by atoms with E-state index in [4.69, 9.17) is 20.2 Å². The Kier molecular flexibility index (Phi) is 8.82. The molecule has 2 aliphatic heterocycles. The number of allylic oxidation sites excluding steroid dienone is 1. The topological polar surface area (TPSA) is 170 Å². The first-order chi connectivity index (χ1) is 23.6. The van der Waals surface area contributed by atoms with E-state index in [9.17, 15) is 22.8 Å². The van der Waals surface area contributed by atoms with Crippen LogP contribution in [0.5, 0.6) is 11.5 Å².